The molecule has 0 radical (unpaired) electrons. The van der Waals surface area contributed by atoms with E-state index in [4.69, 9.17) is 5.73 Å². The summed E-state index contributed by atoms with van der Waals surface area (Å²) in [5.74, 6) is -0.290. The van der Waals surface area contributed by atoms with Crippen molar-refractivity contribution in [1.82, 2.24) is 4.90 Å². The molecule has 1 aromatic carbocycles. The van der Waals surface area contributed by atoms with Gasteiger partial charge >= 0.3 is 0 Å². The van der Waals surface area contributed by atoms with Crippen LogP contribution in [-0.4, -0.2) is 28.7 Å². The number of likely N-dealkylation sites (N-methyl/N-ethyl adjacent to an activating group) is 1. The lowest BCUT2D eigenvalue weighted by Gasteiger charge is -2.10. The van der Waals surface area contributed by atoms with E-state index in [1.165, 1.54) is 17.0 Å². The third kappa shape index (κ3) is 2.05. The predicted molar refractivity (Wildman–Crippen MR) is 65.5 cm³/mol. The molecular weight excluding hydrogens is 236 g/mol. The predicted octanol–water partition coefficient (Wildman–Crippen LogP) is 0.722. The highest BCUT2D eigenvalue weighted by Crippen LogP contribution is 2.18. The highest BCUT2D eigenvalue weighted by atomic mass is 16.6. The normalized spacial score (nSPS) is 17.2. The maximum absolute atomic E-state index is 11.5. The van der Waals surface area contributed by atoms with Crippen LogP contribution in [0.5, 0.6) is 0 Å². The summed E-state index contributed by atoms with van der Waals surface area (Å²) in [6.07, 6.45) is 1.58. The quantitative estimate of drug-likeness (QED) is 0.470. The van der Waals surface area contributed by atoms with Crippen LogP contribution < -0.4 is 5.73 Å². The number of nitro benzene ring substituents is 1. The van der Waals surface area contributed by atoms with Gasteiger partial charge in [-0.05, 0) is 23.8 Å². The maximum atomic E-state index is 11.5. The van der Waals surface area contributed by atoms with E-state index in [0.29, 0.717) is 11.3 Å². The molecule has 0 fully saturated rings. The standard InChI is InChI=1S/C11H10N4O3/c1-14-9(10(16)13-11(14)12)6-7-2-4-8(5-3-7)15(17)18/h2-6H,1H3,(H2,12,13,16)/b9-6+. The highest BCUT2D eigenvalue weighted by molar-refractivity contribution is 6.11. The fourth-order valence-electron chi connectivity index (χ4n) is 1.51. The van der Waals surface area contributed by atoms with Gasteiger partial charge in [-0.1, -0.05) is 0 Å². The van der Waals surface area contributed by atoms with Gasteiger partial charge in [0.05, 0.1) is 4.92 Å². The molecule has 92 valence electrons. The Morgan fingerprint density at radius 2 is 2.00 bits per heavy atom. The third-order valence-electron chi connectivity index (χ3n) is 2.55. The highest BCUT2D eigenvalue weighted by Gasteiger charge is 2.23. The summed E-state index contributed by atoms with van der Waals surface area (Å²) >= 11 is 0. The second kappa shape index (κ2) is 4.28. The van der Waals surface area contributed by atoms with Crippen LogP contribution in [0, 0.1) is 10.1 Å². The van der Waals surface area contributed by atoms with Crippen molar-refractivity contribution >= 4 is 23.6 Å². The van der Waals surface area contributed by atoms with Gasteiger partial charge in [0, 0.05) is 19.2 Å². The fraction of sp³-hybridized carbons (Fsp3) is 0.0909. The first kappa shape index (κ1) is 11.8. The number of aliphatic imine (C=N–C) groups is 1. The zero-order valence-electron chi connectivity index (χ0n) is 9.53. The summed E-state index contributed by atoms with van der Waals surface area (Å²) in [5.41, 5.74) is 6.50. The number of carbonyl (C=O) groups is 1. The molecule has 0 saturated heterocycles. The van der Waals surface area contributed by atoms with Crippen molar-refractivity contribution in [3.8, 4) is 0 Å². The van der Waals surface area contributed by atoms with Crippen molar-refractivity contribution in [2.45, 2.75) is 0 Å². The Morgan fingerprint density at radius 1 is 1.39 bits per heavy atom. The van der Waals surface area contributed by atoms with Crippen LogP contribution in [0.25, 0.3) is 6.08 Å². The summed E-state index contributed by atoms with van der Waals surface area (Å²) < 4.78 is 0. The van der Waals surface area contributed by atoms with Crippen molar-refractivity contribution in [3.63, 3.8) is 0 Å². The average Bonchev–Trinajstić information content (AvgIpc) is 2.57. The minimum atomic E-state index is -0.481. The molecule has 0 bridgehead atoms. The maximum Gasteiger partial charge on any atom is 0.296 e. The summed E-state index contributed by atoms with van der Waals surface area (Å²) in [5, 5.41) is 10.5. The Morgan fingerprint density at radius 3 is 2.44 bits per heavy atom. The minimum absolute atomic E-state index is 0.000910. The number of carbonyl (C=O) groups excluding carboxylic acids is 1. The van der Waals surface area contributed by atoms with Gasteiger partial charge in [-0.2, -0.15) is 4.99 Å². The Labute approximate surface area is 102 Å². The van der Waals surface area contributed by atoms with Crippen molar-refractivity contribution in [2.75, 3.05) is 7.05 Å². The Kier molecular flexibility index (Phi) is 2.80. The first-order chi connectivity index (χ1) is 8.49. The van der Waals surface area contributed by atoms with Gasteiger partial charge in [0.15, 0.2) is 0 Å². The molecule has 1 amide bonds. The van der Waals surface area contributed by atoms with Crippen molar-refractivity contribution < 1.29 is 9.72 Å². The van der Waals surface area contributed by atoms with Crippen LogP contribution in [0.15, 0.2) is 35.0 Å². The molecular formula is C11H10N4O3. The van der Waals surface area contributed by atoms with E-state index >= 15 is 0 Å². The molecule has 7 heteroatoms. The topological polar surface area (TPSA) is 102 Å². The molecule has 2 N–H and O–H groups in total. The van der Waals surface area contributed by atoms with E-state index in [0.717, 1.165) is 0 Å². The molecule has 0 aliphatic carbocycles. The number of hydrogen-bond donors (Lipinski definition) is 1. The lowest BCUT2D eigenvalue weighted by atomic mass is 10.1. The number of benzene rings is 1. The summed E-state index contributed by atoms with van der Waals surface area (Å²) in [4.78, 5) is 26.6. The Balaban J connectivity index is 2.29. The summed E-state index contributed by atoms with van der Waals surface area (Å²) in [7, 11) is 1.63. The van der Waals surface area contributed by atoms with E-state index < -0.39 is 10.8 Å². The number of rotatable bonds is 2. The largest absolute Gasteiger partial charge is 0.369 e. The van der Waals surface area contributed by atoms with Crippen LogP contribution in [0.2, 0.25) is 0 Å². The zero-order valence-corrected chi connectivity index (χ0v) is 9.53. The van der Waals surface area contributed by atoms with Gasteiger partial charge in [-0.25, -0.2) is 0 Å². The van der Waals surface area contributed by atoms with Crippen LogP contribution in [0.3, 0.4) is 0 Å². The van der Waals surface area contributed by atoms with Crippen LogP contribution in [0.1, 0.15) is 5.56 Å². The van der Waals surface area contributed by atoms with Crippen LogP contribution >= 0.6 is 0 Å². The Hall–Kier alpha value is -2.70. The molecule has 1 aliphatic heterocycles. The fourth-order valence-corrected chi connectivity index (χ4v) is 1.51. The molecule has 7 nitrogen and oxygen atoms in total. The molecule has 0 aromatic heterocycles. The van der Waals surface area contributed by atoms with Gasteiger partial charge in [-0.15, -0.1) is 0 Å². The van der Waals surface area contributed by atoms with E-state index in [9.17, 15) is 14.9 Å². The molecule has 1 aromatic rings. The molecule has 0 unspecified atom stereocenters. The molecule has 1 heterocycles. The van der Waals surface area contributed by atoms with Crippen molar-refractivity contribution in [2.24, 2.45) is 10.7 Å². The number of hydrogen-bond acceptors (Lipinski definition) is 5. The van der Waals surface area contributed by atoms with E-state index in [1.807, 2.05) is 0 Å². The molecule has 0 atom stereocenters. The number of guanidine groups is 1. The first-order valence-electron chi connectivity index (χ1n) is 5.07. The third-order valence-corrected chi connectivity index (χ3v) is 2.55. The number of nitro groups is 1. The van der Waals surface area contributed by atoms with Crippen LogP contribution in [-0.2, 0) is 4.79 Å². The lowest BCUT2D eigenvalue weighted by Crippen LogP contribution is -2.28. The molecule has 1 aliphatic rings. The van der Waals surface area contributed by atoms with Gasteiger partial charge in [0.2, 0.25) is 5.96 Å². The number of nitrogens with two attached hydrogens (primary N) is 1. The van der Waals surface area contributed by atoms with E-state index in [1.54, 1.807) is 25.3 Å². The smallest absolute Gasteiger partial charge is 0.296 e. The van der Waals surface area contributed by atoms with Crippen molar-refractivity contribution in [3.05, 3.63) is 45.6 Å². The summed E-state index contributed by atoms with van der Waals surface area (Å²) in [6.45, 7) is 0. The Bertz CT molecular complexity index is 574. The molecule has 2 rings (SSSR count). The van der Waals surface area contributed by atoms with E-state index in [-0.39, 0.29) is 11.6 Å². The monoisotopic (exact) mass is 246 g/mol. The number of amides is 1. The molecule has 0 spiro atoms. The van der Waals surface area contributed by atoms with E-state index in [2.05, 4.69) is 4.99 Å². The van der Waals surface area contributed by atoms with Gasteiger partial charge < -0.3 is 10.6 Å². The lowest BCUT2D eigenvalue weighted by molar-refractivity contribution is -0.384. The van der Waals surface area contributed by atoms with Gasteiger partial charge in [0.25, 0.3) is 11.6 Å². The first-order valence-corrected chi connectivity index (χ1v) is 5.07. The second-order valence-corrected chi connectivity index (χ2v) is 3.71. The SMILES string of the molecule is CN1C(N)=NC(=O)/C1=C\c1ccc([N+](=O)[O-])cc1. The summed E-state index contributed by atoms with van der Waals surface area (Å²) in [6, 6.07) is 5.85. The number of non-ortho nitro benzene ring substituents is 1. The zero-order chi connectivity index (χ0) is 13.3. The van der Waals surface area contributed by atoms with Crippen LogP contribution in [0.4, 0.5) is 5.69 Å². The van der Waals surface area contributed by atoms with Gasteiger partial charge in [-0.3, -0.25) is 14.9 Å². The van der Waals surface area contributed by atoms with Gasteiger partial charge in [0.1, 0.15) is 5.70 Å². The second-order valence-electron chi connectivity index (χ2n) is 3.71. The molecule has 18 heavy (non-hydrogen) atoms. The molecule has 0 saturated carbocycles. The number of nitrogens with zero attached hydrogens (tertiary/aromatic N) is 3. The average molecular weight is 246 g/mol. The minimum Gasteiger partial charge on any atom is -0.369 e. The van der Waals surface area contributed by atoms with Crippen molar-refractivity contribution in [1.29, 1.82) is 0 Å².